The molecule has 29 heavy (non-hydrogen) atoms. The van der Waals surface area contributed by atoms with E-state index in [0.717, 1.165) is 10.3 Å². The molecule has 0 aliphatic carbocycles. The molecule has 148 valence electrons. The number of nitrogens with zero attached hydrogens (tertiary/aromatic N) is 1. The van der Waals surface area contributed by atoms with Gasteiger partial charge in [-0.05, 0) is 44.2 Å². The van der Waals surface area contributed by atoms with Gasteiger partial charge in [0.05, 0.1) is 23.8 Å². The molecular weight excluding hydrogens is 372 g/mol. The zero-order valence-electron chi connectivity index (χ0n) is 16.3. The Morgan fingerprint density at radius 1 is 1.14 bits per heavy atom. The minimum atomic E-state index is -0.409. The number of rotatable bonds is 5. The lowest BCUT2D eigenvalue weighted by molar-refractivity contribution is 0.0693. The maximum Gasteiger partial charge on any atom is 0.261 e. The molecule has 1 N–H and O–H groups in total. The summed E-state index contributed by atoms with van der Waals surface area (Å²) in [4.78, 5) is 37.9. The van der Waals surface area contributed by atoms with Crippen LogP contribution in [-0.2, 0) is 0 Å². The second-order valence-corrected chi connectivity index (χ2v) is 6.88. The molecule has 1 aliphatic heterocycles. The summed E-state index contributed by atoms with van der Waals surface area (Å²) in [5.74, 6) is 0.111. The van der Waals surface area contributed by atoms with Crippen molar-refractivity contribution in [2.45, 2.75) is 19.9 Å². The highest BCUT2D eigenvalue weighted by molar-refractivity contribution is 6.21. The van der Waals surface area contributed by atoms with E-state index in [-0.39, 0.29) is 17.4 Å². The Labute approximate surface area is 167 Å². The van der Waals surface area contributed by atoms with Gasteiger partial charge in [-0.25, -0.2) is 0 Å². The number of ether oxygens (including phenoxy) is 1. The van der Waals surface area contributed by atoms with Gasteiger partial charge >= 0.3 is 0 Å². The van der Waals surface area contributed by atoms with Crippen molar-refractivity contribution in [1.82, 2.24) is 10.2 Å². The molecular formula is C22H20N2O5. The van der Waals surface area contributed by atoms with Crippen molar-refractivity contribution in [2.75, 3.05) is 13.7 Å². The molecule has 2 aromatic carbocycles. The number of fused-ring (bicyclic) bond motifs is 2. The smallest absolute Gasteiger partial charge is 0.261 e. The first-order chi connectivity index (χ1) is 13.9. The van der Waals surface area contributed by atoms with E-state index in [4.69, 9.17) is 9.15 Å². The van der Waals surface area contributed by atoms with Crippen LogP contribution in [0.4, 0.5) is 0 Å². The number of hydrogen-bond donors (Lipinski definition) is 1. The average Bonchev–Trinajstić information content (AvgIpc) is 3.25. The summed E-state index contributed by atoms with van der Waals surface area (Å²) in [7, 11) is 1.42. The fourth-order valence-electron chi connectivity index (χ4n) is 3.39. The fraction of sp³-hybridized carbons (Fsp3) is 0.227. The molecule has 1 aliphatic rings. The highest BCUT2D eigenvalue weighted by Gasteiger charge is 2.33. The van der Waals surface area contributed by atoms with E-state index in [0.29, 0.717) is 34.8 Å². The normalized spacial score (nSPS) is 14.2. The molecule has 0 fully saturated rings. The number of carbonyl (C=O) groups is 3. The van der Waals surface area contributed by atoms with E-state index in [2.05, 4.69) is 5.32 Å². The molecule has 7 heteroatoms. The lowest BCUT2D eigenvalue weighted by Gasteiger charge is -2.12. The van der Waals surface area contributed by atoms with Crippen molar-refractivity contribution in [3.05, 3.63) is 64.9 Å². The first-order valence-corrected chi connectivity index (χ1v) is 9.33. The Hall–Kier alpha value is -3.61. The van der Waals surface area contributed by atoms with Gasteiger partial charge in [-0.3, -0.25) is 19.3 Å². The van der Waals surface area contributed by atoms with Crippen molar-refractivity contribution >= 4 is 28.7 Å². The van der Waals surface area contributed by atoms with Crippen molar-refractivity contribution in [2.24, 2.45) is 0 Å². The fourth-order valence-corrected chi connectivity index (χ4v) is 3.39. The molecule has 4 rings (SSSR count). The molecule has 3 aromatic rings. The van der Waals surface area contributed by atoms with Gasteiger partial charge in [0.1, 0.15) is 5.76 Å². The van der Waals surface area contributed by atoms with Gasteiger partial charge in [-0.1, -0.05) is 12.1 Å². The highest BCUT2D eigenvalue weighted by Crippen LogP contribution is 2.31. The van der Waals surface area contributed by atoms with Crippen LogP contribution in [0, 0.1) is 0 Å². The molecule has 3 amide bonds. The maximum absolute atomic E-state index is 12.7. The lowest BCUT2D eigenvalue weighted by atomic mass is 10.0. The molecule has 0 radical (unpaired) electrons. The van der Waals surface area contributed by atoms with E-state index in [9.17, 15) is 14.4 Å². The SMILES string of the molecule is CCOc1cccc2cc(C(C)NC(=O)c3ccc4c(c3)C(=O)N(C)C4=O)oc12. The summed E-state index contributed by atoms with van der Waals surface area (Å²) >= 11 is 0. The Balaban J connectivity index is 1.56. The number of carbonyl (C=O) groups excluding carboxylic acids is 3. The number of furan rings is 1. The van der Waals surface area contributed by atoms with Gasteiger partial charge in [0.2, 0.25) is 0 Å². The zero-order chi connectivity index (χ0) is 20.7. The first-order valence-electron chi connectivity index (χ1n) is 9.33. The molecule has 1 unspecified atom stereocenters. The second kappa shape index (κ2) is 7.09. The van der Waals surface area contributed by atoms with Gasteiger partial charge in [-0.2, -0.15) is 0 Å². The van der Waals surface area contributed by atoms with Gasteiger partial charge in [0.15, 0.2) is 11.3 Å². The summed E-state index contributed by atoms with van der Waals surface area (Å²) in [6, 6.07) is 11.6. The topological polar surface area (TPSA) is 88.9 Å². The van der Waals surface area contributed by atoms with Crippen LogP contribution < -0.4 is 10.1 Å². The van der Waals surface area contributed by atoms with Crippen LogP contribution in [0.25, 0.3) is 11.0 Å². The predicted molar refractivity (Wildman–Crippen MR) is 106 cm³/mol. The second-order valence-electron chi connectivity index (χ2n) is 6.88. The third kappa shape index (κ3) is 3.14. The Bertz CT molecular complexity index is 1150. The van der Waals surface area contributed by atoms with Gasteiger partial charge in [0, 0.05) is 18.0 Å². The summed E-state index contributed by atoms with van der Waals surface area (Å²) in [5, 5.41) is 3.76. The van der Waals surface area contributed by atoms with E-state index in [1.54, 1.807) is 0 Å². The van der Waals surface area contributed by atoms with Crippen LogP contribution in [-0.4, -0.2) is 36.3 Å². The third-order valence-corrected chi connectivity index (χ3v) is 4.95. The lowest BCUT2D eigenvalue weighted by Crippen LogP contribution is -2.26. The number of imide groups is 1. The minimum absolute atomic E-state index is 0.239. The van der Waals surface area contributed by atoms with Crippen molar-refractivity contribution < 1.29 is 23.5 Å². The highest BCUT2D eigenvalue weighted by atomic mass is 16.5. The molecule has 0 spiro atoms. The summed E-state index contributed by atoms with van der Waals surface area (Å²) in [5.41, 5.74) is 1.49. The van der Waals surface area contributed by atoms with E-state index < -0.39 is 11.9 Å². The van der Waals surface area contributed by atoms with Crippen molar-refractivity contribution in [3.8, 4) is 5.75 Å². The molecule has 0 saturated heterocycles. The maximum atomic E-state index is 12.7. The van der Waals surface area contributed by atoms with Gasteiger partial charge in [-0.15, -0.1) is 0 Å². The molecule has 1 aromatic heterocycles. The molecule has 1 atom stereocenters. The Morgan fingerprint density at radius 2 is 1.90 bits per heavy atom. The largest absolute Gasteiger partial charge is 0.490 e. The van der Waals surface area contributed by atoms with E-state index >= 15 is 0 Å². The molecule has 0 saturated carbocycles. The summed E-state index contributed by atoms with van der Waals surface area (Å²) in [6.07, 6.45) is 0. The molecule has 0 bridgehead atoms. The number of amides is 3. The zero-order valence-corrected chi connectivity index (χ0v) is 16.3. The summed E-state index contributed by atoms with van der Waals surface area (Å²) < 4.78 is 11.5. The van der Waals surface area contributed by atoms with Crippen LogP contribution in [0.15, 0.2) is 46.9 Å². The first kappa shape index (κ1) is 18.7. The Morgan fingerprint density at radius 3 is 2.66 bits per heavy atom. The number of para-hydroxylation sites is 1. The van der Waals surface area contributed by atoms with Crippen molar-refractivity contribution in [1.29, 1.82) is 0 Å². The number of nitrogens with one attached hydrogen (secondary N) is 1. The molecule has 7 nitrogen and oxygen atoms in total. The Kier molecular flexibility index (Phi) is 4.58. The van der Waals surface area contributed by atoms with E-state index in [1.165, 1.54) is 25.2 Å². The van der Waals surface area contributed by atoms with Crippen molar-refractivity contribution in [3.63, 3.8) is 0 Å². The van der Waals surface area contributed by atoms with Crippen LogP contribution in [0.2, 0.25) is 0 Å². The van der Waals surface area contributed by atoms with E-state index in [1.807, 2.05) is 38.1 Å². The average molecular weight is 392 g/mol. The number of benzene rings is 2. The minimum Gasteiger partial charge on any atom is -0.490 e. The molecule has 2 heterocycles. The van der Waals surface area contributed by atoms with Crippen LogP contribution in [0.5, 0.6) is 5.75 Å². The number of hydrogen-bond acceptors (Lipinski definition) is 5. The van der Waals surface area contributed by atoms with Crippen LogP contribution in [0.1, 0.15) is 56.7 Å². The van der Waals surface area contributed by atoms with Crippen LogP contribution in [0.3, 0.4) is 0 Å². The van der Waals surface area contributed by atoms with Crippen LogP contribution >= 0.6 is 0 Å². The van der Waals surface area contributed by atoms with Gasteiger partial charge in [0.25, 0.3) is 17.7 Å². The quantitative estimate of drug-likeness (QED) is 0.671. The standard InChI is InChI=1S/C22H20N2O5/c1-4-28-17-7-5-6-13-11-18(29-19(13)17)12(2)23-20(25)14-8-9-15-16(10-14)22(27)24(3)21(15)26/h5-12H,4H2,1-3H3,(H,23,25). The third-order valence-electron chi connectivity index (χ3n) is 4.95. The van der Waals surface area contributed by atoms with Gasteiger partial charge < -0.3 is 14.5 Å². The summed E-state index contributed by atoms with van der Waals surface area (Å²) in [6.45, 7) is 4.24. The predicted octanol–water partition coefficient (Wildman–Crippen LogP) is 3.55. The monoisotopic (exact) mass is 392 g/mol.